The molecule has 8 bridgehead atoms. The van der Waals surface area contributed by atoms with Crippen molar-refractivity contribution in [1.82, 2.24) is 19.9 Å². The zero-order valence-electron chi connectivity index (χ0n) is 21.8. The van der Waals surface area contributed by atoms with Crippen molar-refractivity contribution >= 4 is 78.5 Å². The summed E-state index contributed by atoms with van der Waals surface area (Å²) in [7, 11) is 0. The summed E-state index contributed by atoms with van der Waals surface area (Å²) in [5.74, 6) is 0. The molecule has 0 fully saturated rings. The normalized spacial score (nSPS) is 13.2. The lowest BCUT2D eigenvalue weighted by molar-refractivity contribution is -0.112. The molecular weight excluding hydrogens is 519 g/mol. The molecule has 0 unspecified atom stereocenters. The van der Waals surface area contributed by atoms with Gasteiger partial charge in [-0.3, -0.25) is 9.59 Å². The third-order valence-electron chi connectivity index (χ3n) is 7.22. The van der Waals surface area contributed by atoms with Crippen molar-refractivity contribution in [3.8, 4) is 0 Å². The molecule has 2 aliphatic heterocycles. The summed E-state index contributed by atoms with van der Waals surface area (Å²) in [5, 5.41) is -0.763. The van der Waals surface area contributed by atoms with Crippen LogP contribution in [0.25, 0.3) is 44.9 Å². The van der Waals surface area contributed by atoms with Crippen molar-refractivity contribution < 1.29 is 9.59 Å². The van der Waals surface area contributed by atoms with Crippen LogP contribution in [0.2, 0.25) is 0 Å². The van der Waals surface area contributed by atoms with Crippen molar-refractivity contribution in [1.29, 1.82) is 0 Å². The second-order valence-corrected chi connectivity index (χ2v) is 10.7. The van der Waals surface area contributed by atoms with Crippen molar-refractivity contribution in [2.24, 2.45) is 0 Å². The number of hydrogen-bond donors (Lipinski definition) is 2. The number of hydrogen-bond acceptors (Lipinski definition) is 4. The van der Waals surface area contributed by atoms with Gasteiger partial charge < -0.3 is 9.97 Å². The van der Waals surface area contributed by atoms with Crippen molar-refractivity contribution in [2.75, 3.05) is 0 Å². The molecule has 0 spiro atoms. The fourth-order valence-corrected chi connectivity index (χ4v) is 5.28. The average molecular weight is 547 g/mol. The van der Waals surface area contributed by atoms with E-state index in [1.54, 1.807) is 0 Å². The number of carbonyl (C=O) groups excluding carboxylic acids is 2. The van der Waals surface area contributed by atoms with Gasteiger partial charge in [0.1, 0.15) is 0 Å². The maximum Gasteiger partial charge on any atom is 0.221 e. The lowest BCUT2D eigenvalue weighted by atomic mass is 10.0. The van der Waals surface area contributed by atoms with Crippen LogP contribution in [0.1, 0.15) is 72.6 Å². The number of carbonyl (C=O) groups is 2. The molecule has 0 aliphatic carbocycles. The average Bonchev–Trinajstić information content (AvgIpc) is 3.53. The molecule has 5 rings (SSSR count). The molecule has 0 amide bonds. The lowest BCUT2D eigenvalue weighted by Crippen LogP contribution is -1.93. The Morgan fingerprint density at radius 1 is 0.763 bits per heavy atom. The fourth-order valence-electron chi connectivity index (χ4n) is 5.09. The Hall–Kier alpha value is -3.48. The summed E-state index contributed by atoms with van der Waals surface area (Å²) in [6, 6.07) is 10.2. The van der Waals surface area contributed by atoms with Crippen LogP contribution in [0.4, 0.5) is 0 Å². The highest BCUT2D eigenvalue weighted by molar-refractivity contribution is 6.63. The van der Waals surface area contributed by atoms with Crippen molar-refractivity contribution in [2.45, 2.75) is 53.4 Å². The Labute approximate surface area is 230 Å². The number of nitrogens with zero attached hydrogens (tertiary/aromatic N) is 2. The number of H-pyrrole nitrogens is 2. The summed E-state index contributed by atoms with van der Waals surface area (Å²) < 4.78 is 0. The fraction of sp³-hybridized carbons (Fsp3) is 0.267. The quantitative estimate of drug-likeness (QED) is 0.310. The van der Waals surface area contributed by atoms with E-state index in [9.17, 15) is 9.59 Å². The number of allylic oxidation sites excluding steroid dienone is 3. The smallest absolute Gasteiger partial charge is 0.221 e. The second-order valence-electron chi connectivity index (χ2n) is 9.90. The number of rotatable bonds is 6. The van der Waals surface area contributed by atoms with Gasteiger partial charge in [0.25, 0.3) is 0 Å². The third kappa shape index (κ3) is 5.24. The minimum atomic E-state index is -0.386. The first-order valence-corrected chi connectivity index (χ1v) is 13.3. The van der Waals surface area contributed by atoms with E-state index in [0.29, 0.717) is 12.8 Å². The highest BCUT2D eigenvalue weighted by Gasteiger charge is 2.19. The predicted octanol–water partition coefficient (Wildman–Crippen LogP) is 7.67. The van der Waals surface area contributed by atoms with Gasteiger partial charge >= 0.3 is 0 Å². The SMILES string of the molecule is CC1=Cc2cc3[nH]c(cc3C)cc3[nH]c(cc4nc(cc1n2)C(C)=C4CCC(=O)Cl)c(CCC(=O)Cl)c3C. The summed E-state index contributed by atoms with van der Waals surface area (Å²) in [6.07, 6.45) is 3.49. The second kappa shape index (κ2) is 10.4. The predicted molar refractivity (Wildman–Crippen MR) is 156 cm³/mol. The summed E-state index contributed by atoms with van der Waals surface area (Å²) in [5.41, 5.74) is 13.2. The number of aromatic amines is 2. The number of aryl methyl sites for hydroxylation is 3. The van der Waals surface area contributed by atoms with E-state index in [4.69, 9.17) is 33.2 Å². The van der Waals surface area contributed by atoms with Crippen molar-refractivity contribution in [3.63, 3.8) is 0 Å². The monoisotopic (exact) mass is 546 g/mol. The Kier molecular flexibility index (Phi) is 7.12. The molecule has 0 aromatic carbocycles. The first-order valence-electron chi connectivity index (χ1n) is 12.6. The van der Waals surface area contributed by atoms with Gasteiger partial charge in [-0.25, -0.2) is 9.97 Å². The molecule has 0 saturated carbocycles. The molecule has 3 aromatic rings. The van der Waals surface area contributed by atoms with E-state index >= 15 is 0 Å². The molecule has 8 heteroatoms. The summed E-state index contributed by atoms with van der Waals surface area (Å²) in [4.78, 5) is 40.1. The van der Waals surface area contributed by atoms with Gasteiger partial charge in [0.05, 0.1) is 22.8 Å². The first-order chi connectivity index (χ1) is 18.1. The maximum atomic E-state index is 11.6. The van der Waals surface area contributed by atoms with Crippen LogP contribution in [0, 0.1) is 13.8 Å². The number of nitrogens with one attached hydrogen (secondary N) is 2. The van der Waals surface area contributed by atoms with E-state index in [-0.39, 0.29) is 23.3 Å². The van der Waals surface area contributed by atoms with Gasteiger partial charge in [-0.1, -0.05) is 0 Å². The molecule has 194 valence electrons. The number of aromatic nitrogens is 4. The van der Waals surface area contributed by atoms with Crippen LogP contribution in [0.15, 0.2) is 30.3 Å². The third-order valence-corrected chi connectivity index (χ3v) is 7.60. The molecule has 0 radical (unpaired) electrons. The molecule has 3 aromatic heterocycles. The van der Waals surface area contributed by atoms with Crippen LogP contribution in [0.3, 0.4) is 0 Å². The highest BCUT2D eigenvalue weighted by Crippen LogP contribution is 2.35. The molecule has 5 heterocycles. The maximum absolute atomic E-state index is 11.6. The number of fused-ring (bicyclic) bond motifs is 8. The van der Waals surface area contributed by atoms with E-state index in [1.807, 2.05) is 32.9 Å². The molecule has 0 atom stereocenters. The number of halogens is 2. The lowest BCUT2D eigenvalue weighted by Gasteiger charge is -2.03. The molecule has 6 nitrogen and oxygen atoms in total. The molecule has 38 heavy (non-hydrogen) atoms. The summed E-state index contributed by atoms with van der Waals surface area (Å²) >= 11 is 11.4. The van der Waals surface area contributed by atoms with Gasteiger partial charge in [-0.2, -0.15) is 0 Å². The largest absolute Gasteiger partial charge is 0.355 e. The molecule has 2 N–H and O–H groups in total. The standard InChI is InChI=1S/C30H28Cl2N4O2/c1-15-9-20-12-25-17(3)21(5-7-29(31)37)27(35-25)14-28-22(6-8-30(32)38)18(4)26(36-28)13-24-16(2)10-19(34-24)11-23(15)33-20/h9-14,33,35H,5-8H2,1-4H3. The van der Waals surface area contributed by atoms with Gasteiger partial charge in [-0.15, -0.1) is 0 Å². The molecule has 2 aliphatic rings. The minimum Gasteiger partial charge on any atom is -0.355 e. The van der Waals surface area contributed by atoms with Crippen LogP contribution in [-0.2, 0) is 16.0 Å². The van der Waals surface area contributed by atoms with E-state index in [2.05, 4.69) is 41.2 Å². The van der Waals surface area contributed by atoms with Crippen LogP contribution in [-0.4, -0.2) is 30.4 Å². The Morgan fingerprint density at radius 2 is 1.50 bits per heavy atom. The van der Waals surface area contributed by atoms with Gasteiger partial charge in [0.15, 0.2) is 0 Å². The minimum absolute atomic E-state index is 0.214. The Bertz CT molecular complexity index is 1720. The van der Waals surface area contributed by atoms with Crippen LogP contribution >= 0.6 is 23.2 Å². The zero-order chi connectivity index (χ0) is 27.1. The molecule has 0 saturated heterocycles. The van der Waals surface area contributed by atoms with Gasteiger partial charge in [0.2, 0.25) is 10.5 Å². The van der Waals surface area contributed by atoms with E-state index < -0.39 is 0 Å². The topological polar surface area (TPSA) is 91.5 Å². The molecular formula is C30H28Cl2N4O2. The Balaban J connectivity index is 1.86. The Morgan fingerprint density at radius 3 is 2.24 bits per heavy atom. The van der Waals surface area contributed by atoms with Gasteiger partial charge in [0, 0.05) is 34.9 Å². The van der Waals surface area contributed by atoms with E-state index in [0.717, 1.165) is 78.3 Å². The highest BCUT2D eigenvalue weighted by atomic mass is 35.5. The zero-order valence-corrected chi connectivity index (χ0v) is 23.3. The summed E-state index contributed by atoms with van der Waals surface area (Å²) in [6.45, 7) is 8.16. The van der Waals surface area contributed by atoms with E-state index in [1.165, 1.54) is 0 Å². The van der Waals surface area contributed by atoms with Gasteiger partial charge in [-0.05, 0) is 134 Å². The van der Waals surface area contributed by atoms with Crippen molar-refractivity contribution in [3.05, 3.63) is 69.8 Å². The van der Waals surface area contributed by atoms with Crippen LogP contribution in [0.5, 0.6) is 0 Å². The first kappa shape index (κ1) is 26.1. The van der Waals surface area contributed by atoms with Crippen LogP contribution < -0.4 is 0 Å².